The van der Waals surface area contributed by atoms with Gasteiger partial charge >= 0.3 is 0 Å². The van der Waals surface area contributed by atoms with Crippen LogP contribution in [-0.2, 0) is 36.5 Å². The van der Waals surface area contributed by atoms with Crippen LogP contribution in [-0.4, -0.2) is 75.0 Å². The second-order valence-electron chi connectivity index (χ2n) is 10.9. The van der Waals surface area contributed by atoms with Crippen LogP contribution < -0.4 is 9.47 Å². The average Bonchev–Trinajstić information content (AvgIpc) is 3.12. The highest BCUT2D eigenvalue weighted by molar-refractivity contribution is 7.86. The van der Waals surface area contributed by atoms with Gasteiger partial charge in [0.05, 0.1) is 25.3 Å². The molecule has 4 aromatic rings. The van der Waals surface area contributed by atoms with Crippen LogP contribution in [0.4, 0.5) is 0 Å². The topological polar surface area (TPSA) is 140 Å². The molecule has 0 spiro atoms. The molecule has 1 aliphatic rings. The van der Waals surface area contributed by atoms with Gasteiger partial charge in [-0.2, -0.15) is 17.0 Å². The van der Waals surface area contributed by atoms with Gasteiger partial charge in [-0.15, -0.1) is 0 Å². The minimum atomic E-state index is -4.41. The molecule has 1 fully saturated rings. The van der Waals surface area contributed by atoms with E-state index in [4.69, 9.17) is 9.47 Å². The number of aliphatic hydroxyl groups excluding tert-OH is 4. The summed E-state index contributed by atoms with van der Waals surface area (Å²) in [7, 11) is -4.41. The highest BCUT2D eigenvalue weighted by atomic mass is 32.2. The third-order valence-corrected chi connectivity index (χ3v) is 9.87. The lowest BCUT2D eigenvalue weighted by atomic mass is 9.99. The largest absolute Gasteiger partial charge is 0.492 e. The van der Waals surface area contributed by atoms with E-state index >= 15 is 0 Å². The number of hydrogen-bond donors (Lipinski definition) is 4. The summed E-state index contributed by atoms with van der Waals surface area (Å²) in [5.74, 6) is 0.968. The summed E-state index contributed by atoms with van der Waals surface area (Å²) in [6.07, 6.45) is -3.10. The van der Waals surface area contributed by atoms with Crippen molar-refractivity contribution in [2.24, 2.45) is 0 Å². The number of para-hydroxylation sites is 2. The Labute approximate surface area is 263 Å². The molecule has 1 heterocycles. The van der Waals surface area contributed by atoms with Crippen molar-refractivity contribution in [2.45, 2.75) is 50.6 Å². The van der Waals surface area contributed by atoms with Crippen LogP contribution in [0.3, 0.4) is 0 Å². The molecule has 11 heteroatoms. The van der Waals surface area contributed by atoms with E-state index in [0.29, 0.717) is 33.8 Å². The van der Waals surface area contributed by atoms with Gasteiger partial charge in [0.1, 0.15) is 36.9 Å². The van der Waals surface area contributed by atoms with Crippen molar-refractivity contribution in [2.75, 3.05) is 13.2 Å². The van der Waals surface area contributed by atoms with Crippen LogP contribution in [0, 0.1) is 0 Å². The van der Waals surface area contributed by atoms with Crippen molar-refractivity contribution >= 4 is 10.2 Å². The number of ether oxygens (including phenoxy) is 2. The van der Waals surface area contributed by atoms with Crippen molar-refractivity contribution in [1.29, 1.82) is 0 Å². The fourth-order valence-corrected chi connectivity index (χ4v) is 7.24. The van der Waals surface area contributed by atoms with Gasteiger partial charge in [0.25, 0.3) is 10.2 Å². The molecule has 0 saturated carbocycles. The maximum atomic E-state index is 14.8. The maximum Gasteiger partial charge on any atom is 0.283 e. The molecule has 1 saturated heterocycles. The molecule has 0 aliphatic carbocycles. The average molecular weight is 635 g/mol. The Bertz CT molecular complexity index is 1470. The Morgan fingerprint density at radius 3 is 1.20 bits per heavy atom. The number of benzene rings is 4. The molecule has 0 aromatic heterocycles. The monoisotopic (exact) mass is 634 g/mol. The zero-order valence-corrected chi connectivity index (χ0v) is 25.5. The van der Waals surface area contributed by atoms with Crippen LogP contribution in [0.2, 0.25) is 0 Å². The summed E-state index contributed by atoms with van der Waals surface area (Å²) in [6.45, 7) is -1.05. The Balaban J connectivity index is 1.56. The highest BCUT2D eigenvalue weighted by Crippen LogP contribution is 2.31. The number of rotatable bonds is 12. The van der Waals surface area contributed by atoms with E-state index in [2.05, 4.69) is 0 Å². The van der Waals surface area contributed by atoms with Crippen LogP contribution in [0.1, 0.15) is 22.3 Å². The molecule has 238 valence electrons. The Hall–Kier alpha value is -3.81. The zero-order valence-electron chi connectivity index (χ0n) is 24.7. The summed E-state index contributed by atoms with van der Waals surface area (Å²) in [5, 5.41) is 42.4. The minimum absolute atomic E-state index is 0.132. The molecule has 5 rings (SSSR count). The first kappa shape index (κ1) is 32.6. The maximum absolute atomic E-state index is 14.8. The Morgan fingerprint density at radius 1 is 0.533 bits per heavy atom. The molecular formula is C34H38N2O8S. The molecule has 0 amide bonds. The number of hydrogen-bond acceptors (Lipinski definition) is 8. The molecule has 0 bridgehead atoms. The third kappa shape index (κ3) is 7.89. The fraction of sp³-hybridized carbons (Fsp3) is 0.294. The van der Waals surface area contributed by atoms with Gasteiger partial charge in [0.15, 0.2) is 0 Å². The lowest BCUT2D eigenvalue weighted by Gasteiger charge is -2.34. The summed E-state index contributed by atoms with van der Waals surface area (Å²) in [5.41, 5.74) is 2.58. The zero-order chi connectivity index (χ0) is 31.8. The highest BCUT2D eigenvalue weighted by Gasteiger charge is 2.51. The second kappa shape index (κ2) is 15.0. The molecule has 0 radical (unpaired) electrons. The van der Waals surface area contributed by atoms with Crippen LogP contribution in [0.25, 0.3) is 0 Å². The summed E-state index contributed by atoms with van der Waals surface area (Å²) < 4.78 is 43.8. The van der Waals surface area contributed by atoms with E-state index in [0.717, 1.165) is 0 Å². The Kier molecular flexibility index (Phi) is 10.8. The quantitative estimate of drug-likeness (QED) is 0.187. The SMILES string of the molecule is O=S1(=O)N(Cc2ccc(CO)cc2)[C@@H](COc2ccccc2)[C@@H](O)[C@H](O)[C@H](COc2ccccc2)N1Cc1ccc(CO)cc1. The lowest BCUT2D eigenvalue weighted by Crippen LogP contribution is -2.52. The summed E-state index contributed by atoms with van der Waals surface area (Å²) in [6, 6.07) is 29.0. The standard InChI is InChI=1S/C34H38N2O8S/c37-21-27-15-11-25(12-16-27)19-35-31(23-43-29-7-3-1-4-8-29)33(39)34(40)32(24-44-30-9-5-2-6-10-30)36(45(35,41)42)20-26-13-17-28(22-38)18-14-26/h1-18,31-34,37-40H,19-24H2/t31-,32-,33+,34+/m0/s1. The molecular weight excluding hydrogens is 596 g/mol. The molecule has 4 aromatic carbocycles. The van der Waals surface area contributed by atoms with Gasteiger partial charge in [0, 0.05) is 13.1 Å². The van der Waals surface area contributed by atoms with E-state index in [1.165, 1.54) is 8.61 Å². The molecule has 4 atom stereocenters. The molecule has 4 N–H and O–H groups in total. The normalized spacial score (nSPS) is 22.0. The van der Waals surface area contributed by atoms with Crippen molar-refractivity contribution in [1.82, 2.24) is 8.61 Å². The fourth-order valence-electron chi connectivity index (χ4n) is 5.29. The van der Waals surface area contributed by atoms with Crippen molar-refractivity contribution < 1.29 is 38.3 Å². The van der Waals surface area contributed by atoms with E-state index in [9.17, 15) is 28.8 Å². The summed E-state index contributed by atoms with van der Waals surface area (Å²) >= 11 is 0. The molecule has 0 unspecified atom stereocenters. The van der Waals surface area contributed by atoms with Crippen LogP contribution in [0.5, 0.6) is 11.5 Å². The van der Waals surface area contributed by atoms with Gasteiger partial charge in [-0.1, -0.05) is 84.9 Å². The van der Waals surface area contributed by atoms with Crippen molar-refractivity contribution in [3.8, 4) is 11.5 Å². The molecule has 45 heavy (non-hydrogen) atoms. The van der Waals surface area contributed by atoms with Gasteiger partial charge < -0.3 is 29.9 Å². The molecule has 10 nitrogen and oxygen atoms in total. The van der Waals surface area contributed by atoms with E-state index < -0.39 is 34.5 Å². The second-order valence-corrected chi connectivity index (χ2v) is 12.7. The van der Waals surface area contributed by atoms with Gasteiger partial charge in [-0.3, -0.25) is 0 Å². The first-order chi connectivity index (χ1) is 21.8. The summed E-state index contributed by atoms with van der Waals surface area (Å²) in [4.78, 5) is 0. The van der Waals surface area contributed by atoms with Crippen LogP contribution >= 0.6 is 0 Å². The first-order valence-electron chi connectivity index (χ1n) is 14.7. The minimum Gasteiger partial charge on any atom is -0.492 e. The van der Waals surface area contributed by atoms with Gasteiger partial charge in [-0.25, -0.2) is 0 Å². The van der Waals surface area contributed by atoms with Crippen molar-refractivity contribution in [3.05, 3.63) is 131 Å². The van der Waals surface area contributed by atoms with E-state index in [-0.39, 0.29) is 39.5 Å². The van der Waals surface area contributed by atoms with Crippen molar-refractivity contribution in [3.63, 3.8) is 0 Å². The number of nitrogens with zero attached hydrogens (tertiary/aromatic N) is 2. The predicted molar refractivity (Wildman–Crippen MR) is 168 cm³/mol. The molecule has 1 aliphatic heterocycles. The Morgan fingerprint density at radius 2 is 0.867 bits per heavy atom. The number of aliphatic hydroxyl groups is 4. The van der Waals surface area contributed by atoms with Crippen LogP contribution in [0.15, 0.2) is 109 Å². The lowest BCUT2D eigenvalue weighted by molar-refractivity contribution is -0.0565. The predicted octanol–water partition coefficient (Wildman–Crippen LogP) is 2.85. The smallest absolute Gasteiger partial charge is 0.283 e. The van der Waals surface area contributed by atoms with E-state index in [1.54, 1.807) is 97.1 Å². The van der Waals surface area contributed by atoms with Gasteiger partial charge in [-0.05, 0) is 46.5 Å². The first-order valence-corrected chi connectivity index (χ1v) is 16.1. The van der Waals surface area contributed by atoms with Gasteiger partial charge in [0.2, 0.25) is 0 Å². The third-order valence-electron chi connectivity index (χ3n) is 7.89. The van der Waals surface area contributed by atoms with E-state index in [1.807, 2.05) is 12.1 Å².